The van der Waals surface area contributed by atoms with Gasteiger partial charge >= 0.3 is 0 Å². The molecule has 7 heteroatoms. The van der Waals surface area contributed by atoms with Crippen molar-refractivity contribution in [2.24, 2.45) is 0 Å². The van der Waals surface area contributed by atoms with Gasteiger partial charge in [-0.1, -0.05) is 17.7 Å². The number of anilines is 1. The van der Waals surface area contributed by atoms with Crippen molar-refractivity contribution in [2.45, 2.75) is 13.8 Å². The molecule has 2 aromatic rings. The Hall–Kier alpha value is -2.73. The highest BCUT2D eigenvalue weighted by molar-refractivity contribution is 6.31. The van der Waals surface area contributed by atoms with Crippen LogP contribution in [0.5, 0.6) is 11.5 Å². The molecule has 0 bridgehead atoms. The fraction of sp³-hybridized carbons (Fsp3) is 0.300. The Morgan fingerprint density at radius 3 is 2.37 bits per heavy atom. The summed E-state index contributed by atoms with van der Waals surface area (Å²) in [5, 5.41) is 3.40. The van der Waals surface area contributed by atoms with Crippen LogP contribution in [-0.4, -0.2) is 39.1 Å². The van der Waals surface area contributed by atoms with Crippen LogP contribution in [0.15, 0.2) is 36.4 Å². The van der Waals surface area contributed by atoms with E-state index in [4.69, 9.17) is 21.1 Å². The van der Waals surface area contributed by atoms with E-state index in [1.165, 1.54) is 21.1 Å². The van der Waals surface area contributed by atoms with Crippen molar-refractivity contribution in [1.29, 1.82) is 0 Å². The lowest BCUT2D eigenvalue weighted by Crippen LogP contribution is -2.37. The van der Waals surface area contributed by atoms with E-state index in [0.717, 1.165) is 5.56 Å². The number of rotatable bonds is 7. The Balaban J connectivity index is 2.03. The molecule has 0 fully saturated rings. The van der Waals surface area contributed by atoms with Crippen LogP contribution in [0.2, 0.25) is 5.02 Å². The van der Waals surface area contributed by atoms with Crippen LogP contribution in [0.1, 0.15) is 22.8 Å². The predicted molar refractivity (Wildman–Crippen MR) is 106 cm³/mol. The van der Waals surface area contributed by atoms with E-state index >= 15 is 0 Å². The molecule has 0 heterocycles. The average molecular weight is 391 g/mol. The molecule has 2 amide bonds. The Bertz CT molecular complexity index is 839. The second-order valence-electron chi connectivity index (χ2n) is 5.93. The summed E-state index contributed by atoms with van der Waals surface area (Å²) in [5.74, 6) is 0.634. The van der Waals surface area contributed by atoms with Crippen molar-refractivity contribution < 1.29 is 19.1 Å². The Morgan fingerprint density at radius 2 is 1.78 bits per heavy atom. The van der Waals surface area contributed by atoms with E-state index in [0.29, 0.717) is 34.3 Å². The van der Waals surface area contributed by atoms with Crippen molar-refractivity contribution in [3.05, 3.63) is 52.5 Å². The number of aryl methyl sites for hydroxylation is 1. The Labute approximate surface area is 164 Å². The number of hydrogen-bond donors (Lipinski definition) is 1. The van der Waals surface area contributed by atoms with E-state index in [1.807, 2.05) is 19.1 Å². The lowest BCUT2D eigenvalue weighted by molar-refractivity contribution is -0.116. The topological polar surface area (TPSA) is 67.9 Å². The Morgan fingerprint density at radius 1 is 1.07 bits per heavy atom. The first kappa shape index (κ1) is 20.6. The summed E-state index contributed by atoms with van der Waals surface area (Å²) in [6.45, 7) is 3.99. The fourth-order valence-electron chi connectivity index (χ4n) is 2.58. The molecule has 6 nitrogen and oxygen atoms in total. The number of benzene rings is 2. The van der Waals surface area contributed by atoms with E-state index in [1.54, 1.807) is 29.2 Å². The fourth-order valence-corrected chi connectivity index (χ4v) is 2.75. The molecule has 0 aliphatic carbocycles. The van der Waals surface area contributed by atoms with Gasteiger partial charge in [0, 0.05) is 36.3 Å². The number of carbonyl (C=O) groups excluding carboxylic acids is 2. The number of nitrogens with zero attached hydrogens (tertiary/aromatic N) is 1. The number of nitrogens with one attached hydrogen (secondary N) is 1. The molecular formula is C20H23ClN2O4. The minimum absolute atomic E-state index is 0.129. The van der Waals surface area contributed by atoms with Gasteiger partial charge in [-0.15, -0.1) is 0 Å². The minimum Gasteiger partial charge on any atom is -0.493 e. The molecule has 0 aromatic heterocycles. The van der Waals surface area contributed by atoms with Gasteiger partial charge in [0.05, 0.1) is 14.2 Å². The number of carbonyl (C=O) groups is 2. The van der Waals surface area contributed by atoms with Crippen LogP contribution in [0.3, 0.4) is 0 Å². The van der Waals surface area contributed by atoms with Crippen molar-refractivity contribution in [3.63, 3.8) is 0 Å². The lowest BCUT2D eigenvalue weighted by atomic mass is 10.2. The first-order valence-electron chi connectivity index (χ1n) is 8.42. The molecule has 0 saturated heterocycles. The maximum absolute atomic E-state index is 12.4. The number of hydrogen-bond acceptors (Lipinski definition) is 4. The summed E-state index contributed by atoms with van der Waals surface area (Å²) in [5.41, 5.74) is 2.07. The van der Waals surface area contributed by atoms with E-state index in [-0.39, 0.29) is 18.4 Å². The molecule has 144 valence electrons. The van der Waals surface area contributed by atoms with Crippen LogP contribution in [0.25, 0.3) is 0 Å². The molecule has 1 N–H and O–H groups in total. The summed E-state index contributed by atoms with van der Waals surface area (Å²) >= 11 is 6.15. The molecule has 0 unspecified atom stereocenters. The van der Waals surface area contributed by atoms with Gasteiger partial charge in [0.25, 0.3) is 5.91 Å². The molecule has 0 saturated carbocycles. The molecule has 0 aliphatic heterocycles. The highest BCUT2D eigenvalue weighted by atomic mass is 35.5. The van der Waals surface area contributed by atoms with Crippen molar-refractivity contribution >= 4 is 29.1 Å². The van der Waals surface area contributed by atoms with Gasteiger partial charge in [-0.3, -0.25) is 9.59 Å². The molecule has 0 aliphatic rings. The zero-order valence-electron chi connectivity index (χ0n) is 15.8. The van der Waals surface area contributed by atoms with Gasteiger partial charge in [-0.2, -0.15) is 0 Å². The zero-order chi connectivity index (χ0) is 20.0. The van der Waals surface area contributed by atoms with E-state index in [9.17, 15) is 9.59 Å². The molecule has 0 radical (unpaired) electrons. The first-order chi connectivity index (χ1) is 12.9. The maximum atomic E-state index is 12.4. The van der Waals surface area contributed by atoms with Gasteiger partial charge in [-0.05, 0) is 42.8 Å². The molecule has 0 atom stereocenters. The molecule has 2 aromatic carbocycles. The molecular weight excluding hydrogens is 368 g/mol. The minimum atomic E-state index is -0.263. The first-order valence-corrected chi connectivity index (χ1v) is 8.79. The standard InChI is InChI=1S/C20H23ClN2O4/c1-13-5-7-16(12-17(13)21)23(14(2)24)10-9-22-20(25)15-6-8-18(26-3)19(11-15)27-4/h5-8,11-12H,9-10H2,1-4H3,(H,22,25). The molecule has 27 heavy (non-hydrogen) atoms. The summed E-state index contributed by atoms with van der Waals surface area (Å²) in [7, 11) is 3.04. The van der Waals surface area contributed by atoms with Crippen LogP contribution < -0.4 is 19.7 Å². The summed E-state index contributed by atoms with van der Waals surface area (Å²) in [4.78, 5) is 25.9. The van der Waals surface area contributed by atoms with Gasteiger partial charge in [-0.25, -0.2) is 0 Å². The quantitative estimate of drug-likeness (QED) is 0.786. The van der Waals surface area contributed by atoms with Crippen molar-refractivity contribution in [3.8, 4) is 11.5 Å². The highest BCUT2D eigenvalue weighted by Crippen LogP contribution is 2.27. The van der Waals surface area contributed by atoms with E-state index in [2.05, 4.69) is 5.32 Å². The van der Waals surface area contributed by atoms with Crippen molar-refractivity contribution in [1.82, 2.24) is 5.32 Å². The third-order valence-corrected chi connectivity index (χ3v) is 4.52. The molecule has 2 rings (SSSR count). The normalized spacial score (nSPS) is 10.3. The highest BCUT2D eigenvalue weighted by Gasteiger charge is 2.14. The smallest absolute Gasteiger partial charge is 0.251 e. The maximum Gasteiger partial charge on any atom is 0.251 e. The molecule has 0 spiro atoms. The Kier molecular flexibility index (Phi) is 7.07. The van der Waals surface area contributed by atoms with E-state index < -0.39 is 0 Å². The average Bonchev–Trinajstić information content (AvgIpc) is 2.66. The zero-order valence-corrected chi connectivity index (χ0v) is 16.6. The SMILES string of the molecule is COc1ccc(C(=O)NCCN(C(C)=O)c2ccc(C)c(Cl)c2)cc1OC. The second kappa shape index (κ2) is 9.28. The predicted octanol–water partition coefficient (Wildman–Crippen LogP) is 3.45. The van der Waals surface area contributed by atoms with Crippen LogP contribution in [-0.2, 0) is 4.79 Å². The summed E-state index contributed by atoms with van der Waals surface area (Å²) in [6, 6.07) is 10.4. The lowest BCUT2D eigenvalue weighted by Gasteiger charge is -2.22. The monoisotopic (exact) mass is 390 g/mol. The van der Waals surface area contributed by atoms with Crippen LogP contribution in [0, 0.1) is 6.92 Å². The number of ether oxygens (including phenoxy) is 2. The van der Waals surface area contributed by atoms with Crippen LogP contribution in [0.4, 0.5) is 5.69 Å². The summed E-state index contributed by atoms with van der Waals surface area (Å²) < 4.78 is 10.4. The van der Waals surface area contributed by atoms with Gasteiger partial charge in [0.2, 0.25) is 5.91 Å². The van der Waals surface area contributed by atoms with Gasteiger partial charge in [0.15, 0.2) is 11.5 Å². The van der Waals surface area contributed by atoms with Gasteiger partial charge in [0.1, 0.15) is 0 Å². The number of halogens is 1. The third kappa shape index (κ3) is 5.14. The number of amides is 2. The second-order valence-corrected chi connectivity index (χ2v) is 6.34. The van der Waals surface area contributed by atoms with Gasteiger partial charge < -0.3 is 19.7 Å². The van der Waals surface area contributed by atoms with Crippen LogP contribution >= 0.6 is 11.6 Å². The summed E-state index contributed by atoms with van der Waals surface area (Å²) in [6.07, 6.45) is 0. The largest absolute Gasteiger partial charge is 0.493 e. The van der Waals surface area contributed by atoms with Crippen molar-refractivity contribution in [2.75, 3.05) is 32.2 Å². The number of methoxy groups -OCH3 is 2. The third-order valence-electron chi connectivity index (χ3n) is 4.11.